The number of benzene rings is 1. The first kappa shape index (κ1) is 17.5. The normalized spacial score (nSPS) is 18.5. The maximum atomic E-state index is 12.3. The van der Waals surface area contributed by atoms with Crippen LogP contribution in [0.1, 0.15) is 38.2 Å². The maximum Gasteiger partial charge on any atom is 0.227 e. The lowest BCUT2D eigenvalue weighted by molar-refractivity contribution is -0.134. The van der Waals surface area contributed by atoms with E-state index in [0.717, 1.165) is 37.1 Å². The number of amides is 3. The van der Waals surface area contributed by atoms with Gasteiger partial charge in [-0.2, -0.15) is 0 Å². The van der Waals surface area contributed by atoms with Crippen LogP contribution < -0.4 is 10.2 Å². The Morgan fingerprint density at radius 1 is 1.12 bits per heavy atom. The molecular formula is C19H25N3O3. The predicted octanol–water partition coefficient (Wildman–Crippen LogP) is 1.69. The summed E-state index contributed by atoms with van der Waals surface area (Å²) >= 11 is 0. The van der Waals surface area contributed by atoms with Crippen LogP contribution in [-0.2, 0) is 20.9 Å². The van der Waals surface area contributed by atoms with Crippen LogP contribution in [0.4, 0.5) is 5.69 Å². The quantitative estimate of drug-likeness (QED) is 0.904. The second kappa shape index (κ2) is 7.68. The number of anilines is 1. The Balaban J connectivity index is 1.48. The van der Waals surface area contributed by atoms with E-state index in [0.29, 0.717) is 26.1 Å². The fourth-order valence-electron chi connectivity index (χ4n) is 3.50. The third kappa shape index (κ3) is 4.18. The molecule has 0 spiro atoms. The van der Waals surface area contributed by atoms with Crippen LogP contribution in [0, 0.1) is 5.92 Å². The molecule has 25 heavy (non-hydrogen) atoms. The zero-order valence-corrected chi connectivity index (χ0v) is 14.7. The van der Waals surface area contributed by atoms with Gasteiger partial charge in [0.25, 0.3) is 0 Å². The molecule has 6 nitrogen and oxygen atoms in total. The fraction of sp³-hybridized carbons (Fsp3) is 0.526. The summed E-state index contributed by atoms with van der Waals surface area (Å²) in [6, 6.07) is 7.80. The van der Waals surface area contributed by atoms with Gasteiger partial charge >= 0.3 is 0 Å². The van der Waals surface area contributed by atoms with Gasteiger partial charge in [0.2, 0.25) is 17.7 Å². The van der Waals surface area contributed by atoms with Crippen molar-refractivity contribution in [3.05, 3.63) is 29.8 Å². The Hall–Kier alpha value is -2.37. The van der Waals surface area contributed by atoms with Gasteiger partial charge in [-0.1, -0.05) is 12.1 Å². The second-order valence-electron chi connectivity index (χ2n) is 6.81. The van der Waals surface area contributed by atoms with E-state index in [1.807, 2.05) is 29.2 Å². The number of piperidine rings is 1. The molecule has 3 rings (SSSR count). The summed E-state index contributed by atoms with van der Waals surface area (Å²) in [6.07, 6.45) is 2.99. The number of nitrogens with zero attached hydrogens (tertiary/aromatic N) is 2. The number of likely N-dealkylation sites (tertiary alicyclic amines) is 1. The van der Waals surface area contributed by atoms with E-state index in [1.54, 1.807) is 11.8 Å². The van der Waals surface area contributed by atoms with Crippen LogP contribution in [0.25, 0.3) is 0 Å². The number of rotatable bonds is 4. The number of nitrogens with one attached hydrogen (secondary N) is 1. The zero-order chi connectivity index (χ0) is 17.8. The van der Waals surface area contributed by atoms with Crippen molar-refractivity contribution in [1.29, 1.82) is 0 Å². The van der Waals surface area contributed by atoms with Gasteiger partial charge in [-0.3, -0.25) is 14.4 Å². The second-order valence-corrected chi connectivity index (χ2v) is 6.81. The van der Waals surface area contributed by atoms with Crippen LogP contribution in [0.3, 0.4) is 0 Å². The van der Waals surface area contributed by atoms with Crippen LogP contribution in [-0.4, -0.2) is 42.3 Å². The highest BCUT2D eigenvalue weighted by atomic mass is 16.2. The predicted molar refractivity (Wildman–Crippen MR) is 94.9 cm³/mol. The van der Waals surface area contributed by atoms with Crippen molar-refractivity contribution in [1.82, 2.24) is 10.2 Å². The highest BCUT2D eigenvalue weighted by Gasteiger charge is 2.26. The van der Waals surface area contributed by atoms with Crippen molar-refractivity contribution in [3.8, 4) is 0 Å². The van der Waals surface area contributed by atoms with Gasteiger partial charge < -0.3 is 15.1 Å². The summed E-state index contributed by atoms with van der Waals surface area (Å²) in [5.41, 5.74) is 1.94. The largest absolute Gasteiger partial charge is 0.352 e. The van der Waals surface area contributed by atoms with E-state index >= 15 is 0 Å². The summed E-state index contributed by atoms with van der Waals surface area (Å²) in [5, 5.41) is 2.99. The zero-order valence-electron chi connectivity index (χ0n) is 14.7. The van der Waals surface area contributed by atoms with Crippen molar-refractivity contribution >= 4 is 23.4 Å². The molecule has 0 unspecified atom stereocenters. The molecule has 0 bridgehead atoms. The van der Waals surface area contributed by atoms with E-state index in [2.05, 4.69) is 5.32 Å². The SMILES string of the molecule is CC(=O)N1CCC(C(=O)NCc2ccc(N3CCCC3=O)cc2)CC1. The molecule has 2 saturated heterocycles. The van der Waals surface area contributed by atoms with Gasteiger partial charge in [-0.25, -0.2) is 0 Å². The monoisotopic (exact) mass is 343 g/mol. The summed E-state index contributed by atoms with van der Waals surface area (Å²) in [4.78, 5) is 39.0. The maximum absolute atomic E-state index is 12.3. The third-order valence-corrected chi connectivity index (χ3v) is 5.10. The number of carbonyl (C=O) groups is 3. The summed E-state index contributed by atoms with van der Waals surface area (Å²) in [6.45, 7) is 4.16. The summed E-state index contributed by atoms with van der Waals surface area (Å²) in [7, 11) is 0. The standard InChI is InChI=1S/C19H25N3O3/c1-14(23)21-11-8-16(9-12-21)19(25)20-13-15-4-6-17(7-5-15)22-10-2-3-18(22)24/h4-7,16H,2-3,8-13H2,1H3,(H,20,25). The Labute approximate surface area is 148 Å². The van der Waals surface area contributed by atoms with Gasteiger partial charge in [0.15, 0.2) is 0 Å². The summed E-state index contributed by atoms with van der Waals surface area (Å²) < 4.78 is 0. The smallest absolute Gasteiger partial charge is 0.227 e. The molecule has 1 N–H and O–H groups in total. The van der Waals surface area contributed by atoms with Gasteiger partial charge in [-0.15, -0.1) is 0 Å². The first-order valence-electron chi connectivity index (χ1n) is 8.97. The minimum Gasteiger partial charge on any atom is -0.352 e. The van der Waals surface area contributed by atoms with E-state index < -0.39 is 0 Å². The van der Waals surface area contributed by atoms with Crippen LogP contribution >= 0.6 is 0 Å². The Bertz CT molecular complexity index is 648. The Morgan fingerprint density at radius 3 is 2.36 bits per heavy atom. The van der Waals surface area contributed by atoms with Crippen molar-refractivity contribution < 1.29 is 14.4 Å². The average molecular weight is 343 g/mol. The molecule has 0 saturated carbocycles. The molecule has 1 aromatic rings. The van der Waals surface area contributed by atoms with Crippen LogP contribution in [0.5, 0.6) is 0 Å². The summed E-state index contributed by atoms with van der Waals surface area (Å²) in [5.74, 6) is 0.299. The van der Waals surface area contributed by atoms with Crippen molar-refractivity contribution in [2.24, 2.45) is 5.92 Å². The highest BCUT2D eigenvalue weighted by Crippen LogP contribution is 2.22. The number of carbonyl (C=O) groups excluding carboxylic acids is 3. The van der Waals surface area contributed by atoms with E-state index in [4.69, 9.17) is 0 Å². The Kier molecular flexibility index (Phi) is 5.36. The third-order valence-electron chi connectivity index (χ3n) is 5.10. The molecule has 2 fully saturated rings. The van der Waals surface area contributed by atoms with Gasteiger partial charge in [-0.05, 0) is 37.0 Å². The van der Waals surface area contributed by atoms with Crippen molar-refractivity contribution in [2.75, 3.05) is 24.5 Å². The van der Waals surface area contributed by atoms with E-state index in [1.165, 1.54) is 0 Å². The Morgan fingerprint density at radius 2 is 1.80 bits per heavy atom. The lowest BCUT2D eigenvalue weighted by Crippen LogP contribution is -2.42. The lowest BCUT2D eigenvalue weighted by Gasteiger charge is -2.30. The molecule has 3 amide bonds. The molecule has 2 aliphatic rings. The molecule has 0 aliphatic carbocycles. The molecule has 1 aromatic carbocycles. The van der Waals surface area contributed by atoms with Gasteiger partial charge in [0, 0.05) is 51.1 Å². The van der Waals surface area contributed by atoms with Crippen molar-refractivity contribution in [3.63, 3.8) is 0 Å². The van der Waals surface area contributed by atoms with E-state index in [-0.39, 0.29) is 23.6 Å². The molecule has 2 heterocycles. The molecular weight excluding hydrogens is 318 g/mol. The first-order valence-corrected chi connectivity index (χ1v) is 8.97. The molecule has 6 heteroatoms. The van der Waals surface area contributed by atoms with Crippen LogP contribution in [0.15, 0.2) is 24.3 Å². The highest BCUT2D eigenvalue weighted by molar-refractivity contribution is 5.95. The van der Waals surface area contributed by atoms with Gasteiger partial charge in [0.1, 0.15) is 0 Å². The molecule has 0 radical (unpaired) electrons. The lowest BCUT2D eigenvalue weighted by atomic mass is 9.96. The van der Waals surface area contributed by atoms with Crippen LogP contribution in [0.2, 0.25) is 0 Å². The minimum atomic E-state index is -0.0166. The number of hydrogen-bond donors (Lipinski definition) is 1. The molecule has 0 atom stereocenters. The van der Waals surface area contributed by atoms with Gasteiger partial charge in [0.05, 0.1) is 0 Å². The average Bonchev–Trinajstić information content (AvgIpc) is 3.06. The fourth-order valence-corrected chi connectivity index (χ4v) is 3.50. The van der Waals surface area contributed by atoms with E-state index in [9.17, 15) is 14.4 Å². The topological polar surface area (TPSA) is 69.7 Å². The molecule has 0 aromatic heterocycles. The molecule has 2 aliphatic heterocycles. The molecule has 134 valence electrons. The first-order chi connectivity index (χ1) is 12.0. The number of hydrogen-bond acceptors (Lipinski definition) is 3. The minimum absolute atomic E-state index is 0.0166. The van der Waals surface area contributed by atoms with Crippen molar-refractivity contribution in [2.45, 2.75) is 39.2 Å².